The first-order valence-electron chi connectivity index (χ1n) is 11.7. The van der Waals surface area contributed by atoms with E-state index in [-0.39, 0.29) is 35.3 Å². The predicted molar refractivity (Wildman–Crippen MR) is 135 cm³/mol. The smallest absolute Gasteiger partial charge is 0.394 e. The number of rotatable bonds is 7. The van der Waals surface area contributed by atoms with Crippen LogP contribution in [0.5, 0.6) is 0 Å². The van der Waals surface area contributed by atoms with Gasteiger partial charge in [-0.3, -0.25) is 19.3 Å². The van der Waals surface area contributed by atoms with E-state index in [2.05, 4.69) is 20.7 Å². The summed E-state index contributed by atoms with van der Waals surface area (Å²) in [6.45, 7) is 1.27. The van der Waals surface area contributed by atoms with E-state index in [1.54, 1.807) is 37.3 Å². The summed E-state index contributed by atoms with van der Waals surface area (Å²) in [7, 11) is 1.51. The van der Waals surface area contributed by atoms with Gasteiger partial charge in [0.05, 0.1) is 40.4 Å². The van der Waals surface area contributed by atoms with Crippen LogP contribution in [0.15, 0.2) is 67.0 Å². The minimum absolute atomic E-state index is 0.0224. The van der Waals surface area contributed by atoms with E-state index in [4.69, 9.17) is 0 Å². The third-order valence-corrected chi connectivity index (χ3v) is 5.74. The minimum Gasteiger partial charge on any atom is -0.394 e. The van der Waals surface area contributed by atoms with E-state index in [9.17, 15) is 32.3 Å². The number of amides is 2. The number of aryl methyl sites for hydroxylation is 1. The van der Waals surface area contributed by atoms with Crippen molar-refractivity contribution >= 4 is 17.5 Å². The Kier molecular flexibility index (Phi) is 7.77. The maximum Gasteiger partial charge on any atom is 0.417 e. The predicted octanol–water partition coefficient (Wildman–Crippen LogP) is 4.67. The van der Waals surface area contributed by atoms with Crippen molar-refractivity contribution < 1.29 is 32.3 Å². The molecule has 2 heterocycles. The number of carbonyl (C=O) groups excluding carboxylic acids is 2. The quantitative estimate of drug-likeness (QED) is 0.295. The van der Waals surface area contributed by atoms with Gasteiger partial charge in [-0.25, -0.2) is 4.39 Å². The van der Waals surface area contributed by atoms with Crippen molar-refractivity contribution in [3.8, 4) is 22.5 Å². The lowest BCUT2D eigenvalue weighted by molar-refractivity contribution is -0.137. The molecule has 39 heavy (non-hydrogen) atoms. The van der Waals surface area contributed by atoms with Crippen molar-refractivity contribution in [2.75, 3.05) is 11.9 Å². The van der Waals surface area contributed by atoms with Crippen molar-refractivity contribution in [1.29, 1.82) is 0 Å². The maximum atomic E-state index is 15.0. The molecule has 1 atom stereocenters. The summed E-state index contributed by atoms with van der Waals surface area (Å²) in [6, 6.07) is 11.7. The summed E-state index contributed by atoms with van der Waals surface area (Å²) in [5, 5.41) is 18.3. The number of halogens is 4. The van der Waals surface area contributed by atoms with Gasteiger partial charge in [-0.15, -0.1) is 0 Å². The molecule has 0 saturated heterocycles. The Balaban J connectivity index is 1.78. The number of nitrogens with zero attached hydrogens (tertiary/aromatic N) is 3. The molecule has 2 aromatic heterocycles. The number of hydrogen-bond acceptors (Lipinski definition) is 5. The van der Waals surface area contributed by atoms with Crippen LogP contribution in [0.2, 0.25) is 0 Å². The molecule has 0 bridgehead atoms. The zero-order chi connectivity index (χ0) is 28.3. The zero-order valence-electron chi connectivity index (χ0n) is 20.8. The Hall–Kier alpha value is -4.58. The van der Waals surface area contributed by atoms with Crippen LogP contribution in [0.1, 0.15) is 33.2 Å². The van der Waals surface area contributed by atoms with Gasteiger partial charge < -0.3 is 15.7 Å². The molecule has 1 unspecified atom stereocenters. The van der Waals surface area contributed by atoms with Gasteiger partial charge in [-0.1, -0.05) is 30.3 Å². The molecule has 0 saturated carbocycles. The Labute approximate surface area is 220 Å². The average molecular weight is 542 g/mol. The lowest BCUT2D eigenvalue weighted by atomic mass is 9.99. The molecule has 3 N–H and O–H groups in total. The van der Waals surface area contributed by atoms with Crippen LogP contribution < -0.4 is 10.6 Å². The lowest BCUT2D eigenvalue weighted by Gasteiger charge is -2.16. The third kappa shape index (κ3) is 6.12. The molecule has 12 heteroatoms. The molecule has 2 aromatic carbocycles. The fourth-order valence-corrected chi connectivity index (χ4v) is 3.81. The van der Waals surface area contributed by atoms with Gasteiger partial charge in [-0.2, -0.15) is 18.3 Å². The standard InChI is InChI=1S/C27H23F4N5O3/c1-15(14-37)33-25(38)17-10-23(24(32-13-17)16-6-4-3-5-7-16)34-26(39)19-11-18(22-8-9-36(2)35-22)20(12-21(19)28)27(29,30)31/h3-13,15,37H,14H2,1-2H3,(H,33,38)(H,34,39). The third-order valence-electron chi connectivity index (χ3n) is 5.74. The summed E-state index contributed by atoms with van der Waals surface area (Å²) in [4.78, 5) is 30.2. The normalized spacial score (nSPS) is 12.2. The summed E-state index contributed by atoms with van der Waals surface area (Å²) in [5.41, 5.74) is -1.64. The van der Waals surface area contributed by atoms with Crippen LogP contribution in [-0.4, -0.2) is 44.3 Å². The van der Waals surface area contributed by atoms with Gasteiger partial charge in [0.1, 0.15) is 5.82 Å². The molecule has 4 aromatic rings. The number of alkyl halides is 3. The highest BCUT2D eigenvalue weighted by molar-refractivity contribution is 6.07. The molecule has 2 amide bonds. The van der Waals surface area contributed by atoms with Gasteiger partial charge in [0.2, 0.25) is 0 Å². The molecular weight excluding hydrogens is 518 g/mol. The molecule has 202 valence electrons. The van der Waals surface area contributed by atoms with Gasteiger partial charge >= 0.3 is 6.18 Å². The van der Waals surface area contributed by atoms with E-state index >= 15 is 0 Å². The van der Waals surface area contributed by atoms with Crippen LogP contribution in [0.3, 0.4) is 0 Å². The van der Waals surface area contributed by atoms with E-state index in [0.29, 0.717) is 5.56 Å². The number of aliphatic hydroxyl groups is 1. The van der Waals surface area contributed by atoms with Gasteiger partial charge in [0.15, 0.2) is 0 Å². The topological polar surface area (TPSA) is 109 Å². The second-order valence-corrected chi connectivity index (χ2v) is 8.75. The summed E-state index contributed by atoms with van der Waals surface area (Å²) < 4.78 is 57.4. The number of carbonyl (C=O) groups is 2. The number of hydrogen-bond donors (Lipinski definition) is 3. The molecule has 0 fully saturated rings. The van der Waals surface area contributed by atoms with Gasteiger partial charge in [-0.05, 0) is 31.2 Å². The Morgan fingerprint density at radius 1 is 1.08 bits per heavy atom. The lowest BCUT2D eigenvalue weighted by Crippen LogP contribution is -2.35. The first-order chi connectivity index (χ1) is 18.5. The highest BCUT2D eigenvalue weighted by atomic mass is 19.4. The molecular formula is C27H23F4N5O3. The number of nitrogens with one attached hydrogen (secondary N) is 2. The second kappa shape index (κ2) is 11.0. The van der Waals surface area contributed by atoms with Crippen LogP contribution in [0.25, 0.3) is 22.5 Å². The second-order valence-electron chi connectivity index (χ2n) is 8.75. The van der Waals surface area contributed by atoms with E-state index in [1.165, 1.54) is 36.3 Å². The Bertz CT molecular complexity index is 1520. The number of anilines is 1. The molecule has 0 spiro atoms. The molecule has 0 aliphatic heterocycles. The highest BCUT2D eigenvalue weighted by Crippen LogP contribution is 2.38. The summed E-state index contributed by atoms with van der Waals surface area (Å²) in [5.74, 6) is -3.03. The van der Waals surface area contributed by atoms with Crippen LogP contribution in [0.4, 0.5) is 23.2 Å². The van der Waals surface area contributed by atoms with Crippen molar-refractivity contribution in [2.24, 2.45) is 7.05 Å². The first-order valence-corrected chi connectivity index (χ1v) is 11.7. The minimum atomic E-state index is -4.90. The number of aromatic nitrogens is 3. The Morgan fingerprint density at radius 3 is 2.41 bits per heavy atom. The highest BCUT2D eigenvalue weighted by Gasteiger charge is 2.36. The van der Waals surface area contributed by atoms with Crippen LogP contribution >= 0.6 is 0 Å². The largest absolute Gasteiger partial charge is 0.417 e. The van der Waals surface area contributed by atoms with E-state index in [0.717, 1.165) is 6.07 Å². The fourth-order valence-electron chi connectivity index (χ4n) is 3.81. The van der Waals surface area contributed by atoms with Crippen LogP contribution in [0, 0.1) is 5.82 Å². The summed E-state index contributed by atoms with van der Waals surface area (Å²) in [6.07, 6.45) is -2.21. The Morgan fingerprint density at radius 2 is 1.79 bits per heavy atom. The van der Waals surface area contributed by atoms with Crippen molar-refractivity contribution in [3.05, 3.63) is 89.5 Å². The average Bonchev–Trinajstić information content (AvgIpc) is 3.34. The SMILES string of the molecule is CC(CO)NC(=O)c1cnc(-c2ccccc2)c(NC(=O)c2cc(-c3ccn(C)n3)c(C(F)(F)F)cc2F)c1. The first kappa shape index (κ1) is 27.5. The fraction of sp³-hybridized carbons (Fsp3) is 0.185. The maximum absolute atomic E-state index is 15.0. The number of aliphatic hydroxyl groups excluding tert-OH is 1. The van der Waals surface area contributed by atoms with Crippen molar-refractivity contribution in [3.63, 3.8) is 0 Å². The van der Waals surface area contributed by atoms with Gasteiger partial charge in [0.25, 0.3) is 11.8 Å². The zero-order valence-corrected chi connectivity index (χ0v) is 20.8. The molecule has 0 radical (unpaired) electrons. The van der Waals surface area contributed by atoms with Crippen LogP contribution in [-0.2, 0) is 13.2 Å². The molecule has 8 nitrogen and oxygen atoms in total. The molecule has 0 aliphatic carbocycles. The molecule has 4 rings (SSSR count). The van der Waals surface area contributed by atoms with Gasteiger partial charge in [0, 0.05) is 36.6 Å². The van der Waals surface area contributed by atoms with Crippen molar-refractivity contribution in [1.82, 2.24) is 20.1 Å². The molecule has 0 aliphatic rings. The number of pyridine rings is 1. The van der Waals surface area contributed by atoms with E-state index < -0.39 is 46.5 Å². The van der Waals surface area contributed by atoms with Crippen molar-refractivity contribution in [2.45, 2.75) is 19.1 Å². The monoisotopic (exact) mass is 541 g/mol. The summed E-state index contributed by atoms with van der Waals surface area (Å²) >= 11 is 0. The van der Waals surface area contributed by atoms with E-state index in [1.807, 2.05) is 0 Å². The number of benzene rings is 2.